The van der Waals surface area contributed by atoms with Crippen molar-refractivity contribution in [3.63, 3.8) is 0 Å². The number of aliphatic carboxylic acids is 1. The maximum Gasteiger partial charge on any atom is 0.328 e. The van der Waals surface area contributed by atoms with Crippen molar-refractivity contribution in [1.29, 1.82) is 0 Å². The van der Waals surface area contributed by atoms with Gasteiger partial charge in [0.15, 0.2) is 6.10 Å². The molecule has 19 heavy (non-hydrogen) atoms. The topological polar surface area (TPSA) is 89.6 Å². The summed E-state index contributed by atoms with van der Waals surface area (Å²) in [6, 6.07) is 3.57. The van der Waals surface area contributed by atoms with E-state index in [-0.39, 0.29) is 0 Å². The molecule has 0 spiro atoms. The number of aryl methyl sites for hydroxylation is 2. The summed E-state index contributed by atoms with van der Waals surface area (Å²) < 4.78 is 5.50. The fourth-order valence-corrected chi connectivity index (χ4v) is 1.67. The zero-order valence-electron chi connectivity index (χ0n) is 11.1. The van der Waals surface area contributed by atoms with Crippen LogP contribution in [0, 0.1) is 13.8 Å². The lowest BCUT2D eigenvalue weighted by atomic mass is 10.1. The highest BCUT2D eigenvalue weighted by atomic mass is 16.5. The van der Waals surface area contributed by atoms with E-state index in [1.54, 1.807) is 19.1 Å². The summed E-state index contributed by atoms with van der Waals surface area (Å²) >= 11 is 0. The molecule has 1 atom stereocenters. The highest BCUT2D eigenvalue weighted by molar-refractivity contribution is 5.85. The van der Waals surface area contributed by atoms with E-state index in [0.717, 1.165) is 22.8 Å². The number of nitrogens with two attached hydrogens (primary N) is 1. The van der Waals surface area contributed by atoms with Crippen molar-refractivity contribution in [3.05, 3.63) is 34.9 Å². The molecule has 1 amide bonds. The molecule has 5 heteroatoms. The minimum Gasteiger partial charge on any atom is -0.480 e. The van der Waals surface area contributed by atoms with E-state index in [0.29, 0.717) is 5.75 Å². The maximum atomic E-state index is 11.0. The lowest BCUT2D eigenvalue weighted by Crippen LogP contribution is -2.31. The predicted octanol–water partition coefficient (Wildman–Crippen LogP) is 1.65. The molecule has 0 aliphatic rings. The second-order valence-corrected chi connectivity index (χ2v) is 4.32. The highest BCUT2D eigenvalue weighted by Crippen LogP contribution is 2.26. The SMILES string of the molecule is Cc1cc(/C=C/C(=O)O)cc(C)c1OC(C)C(N)=O. The van der Waals surface area contributed by atoms with Crippen molar-refractivity contribution in [2.75, 3.05) is 0 Å². The predicted molar refractivity (Wildman–Crippen MR) is 71.9 cm³/mol. The fraction of sp³-hybridized carbons (Fsp3) is 0.286. The number of carbonyl (C=O) groups is 2. The van der Waals surface area contributed by atoms with E-state index in [1.807, 2.05) is 13.8 Å². The quantitative estimate of drug-likeness (QED) is 0.790. The fourth-order valence-electron chi connectivity index (χ4n) is 1.67. The Balaban J connectivity index is 3.04. The number of carboxylic acids is 1. The molecule has 3 N–H and O–H groups in total. The Morgan fingerprint density at radius 3 is 2.26 bits per heavy atom. The van der Waals surface area contributed by atoms with Crippen LogP contribution in [0.2, 0.25) is 0 Å². The van der Waals surface area contributed by atoms with Crippen LogP contribution >= 0.6 is 0 Å². The number of rotatable bonds is 5. The maximum absolute atomic E-state index is 11.0. The molecular weight excluding hydrogens is 246 g/mol. The van der Waals surface area contributed by atoms with Crippen molar-refractivity contribution in [3.8, 4) is 5.75 Å². The van der Waals surface area contributed by atoms with Gasteiger partial charge in [-0.2, -0.15) is 0 Å². The Kier molecular flexibility index (Phi) is 4.69. The molecule has 0 aliphatic carbocycles. The van der Waals surface area contributed by atoms with Crippen LogP contribution in [0.25, 0.3) is 6.08 Å². The first kappa shape index (κ1) is 14.8. The van der Waals surface area contributed by atoms with Gasteiger partial charge in [-0.15, -0.1) is 0 Å². The van der Waals surface area contributed by atoms with Crippen LogP contribution in [0.4, 0.5) is 0 Å². The van der Waals surface area contributed by atoms with Crippen LogP contribution in [0.1, 0.15) is 23.6 Å². The zero-order valence-corrected chi connectivity index (χ0v) is 11.1. The van der Waals surface area contributed by atoms with Gasteiger partial charge in [0.1, 0.15) is 5.75 Å². The number of amides is 1. The van der Waals surface area contributed by atoms with Crippen LogP contribution < -0.4 is 10.5 Å². The molecule has 1 rings (SSSR count). The molecule has 0 radical (unpaired) electrons. The van der Waals surface area contributed by atoms with Gasteiger partial charge in [-0.3, -0.25) is 4.79 Å². The van der Waals surface area contributed by atoms with Crippen molar-refractivity contribution in [2.24, 2.45) is 5.73 Å². The molecule has 1 aromatic carbocycles. The molecule has 102 valence electrons. The highest BCUT2D eigenvalue weighted by Gasteiger charge is 2.14. The summed E-state index contributed by atoms with van der Waals surface area (Å²) in [7, 11) is 0. The average Bonchev–Trinajstić information content (AvgIpc) is 2.30. The number of carbonyl (C=O) groups excluding carboxylic acids is 1. The molecule has 1 aromatic rings. The van der Waals surface area contributed by atoms with Gasteiger partial charge in [-0.1, -0.05) is 0 Å². The number of primary amides is 1. The van der Waals surface area contributed by atoms with Crippen LogP contribution in [0.5, 0.6) is 5.75 Å². The molecule has 0 saturated heterocycles. The smallest absolute Gasteiger partial charge is 0.328 e. The average molecular weight is 263 g/mol. The van der Waals surface area contributed by atoms with Gasteiger partial charge in [-0.25, -0.2) is 4.79 Å². The summed E-state index contributed by atoms with van der Waals surface area (Å²) in [4.78, 5) is 21.5. The van der Waals surface area contributed by atoms with E-state index < -0.39 is 18.0 Å². The van der Waals surface area contributed by atoms with Gasteiger partial charge < -0.3 is 15.6 Å². The van der Waals surface area contributed by atoms with Crippen molar-refractivity contribution >= 4 is 18.0 Å². The third-order valence-corrected chi connectivity index (χ3v) is 2.60. The molecule has 0 saturated carbocycles. The molecule has 0 aromatic heterocycles. The third-order valence-electron chi connectivity index (χ3n) is 2.60. The number of ether oxygens (including phenoxy) is 1. The lowest BCUT2D eigenvalue weighted by molar-refractivity contribution is -0.131. The first-order valence-electron chi connectivity index (χ1n) is 5.79. The van der Waals surface area contributed by atoms with E-state index in [4.69, 9.17) is 15.6 Å². The number of carboxylic acid groups (broad SMARTS) is 1. The molecule has 0 aliphatic heterocycles. The summed E-state index contributed by atoms with van der Waals surface area (Å²) in [6.07, 6.45) is 1.86. The zero-order chi connectivity index (χ0) is 14.6. The van der Waals surface area contributed by atoms with Gasteiger partial charge in [0.2, 0.25) is 0 Å². The Morgan fingerprint density at radius 1 is 1.32 bits per heavy atom. The van der Waals surface area contributed by atoms with Gasteiger partial charge in [0, 0.05) is 6.08 Å². The van der Waals surface area contributed by atoms with Gasteiger partial charge in [0.05, 0.1) is 0 Å². The van der Waals surface area contributed by atoms with Crippen molar-refractivity contribution in [2.45, 2.75) is 26.9 Å². The molecule has 0 fully saturated rings. The van der Waals surface area contributed by atoms with Crippen LogP contribution in [0.3, 0.4) is 0 Å². The first-order valence-corrected chi connectivity index (χ1v) is 5.79. The summed E-state index contributed by atoms with van der Waals surface area (Å²) in [6.45, 7) is 5.24. The summed E-state index contributed by atoms with van der Waals surface area (Å²) in [5, 5.41) is 8.59. The monoisotopic (exact) mass is 263 g/mol. The Morgan fingerprint density at radius 2 is 1.84 bits per heavy atom. The Labute approximate surface area is 111 Å². The molecule has 0 bridgehead atoms. The Bertz CT molecular complexity index is 511. The van der Waals surface area contributed by atoms with E-state index >= 15 is 0 Å². The summed E-state index contributed by atoms with van der Waals surface area (Å²) in [5.41, 5.74) is 7.55. The van der Waals surface area contributed by atoms with Crippen molar-refractivity contribution in [1.82, 2.24) is 0 Å². The molecular formula is C14H17NO4. The van der Waals surface area contributed by atoms with E-state index in [2.05, 4.69) is 0 Å². The second-order valence-electron chi connectivity index (χ2n) is 4.32. The van der Waals surface area contributed by atoms with Gasteiger partial charge >= 0.3 is 5.97 Å². The van der Waals surface area contributed by atoms with Crippen LogP contribution in [0.15, 0.2) is 18.2 Å². The molecule has 1 unspecified atom stereocenters. The van der Waals surface area contributed by atoms with Crippen molar-refractivity contribution < 1.29 is 19.4 Å². The third kappa shape index (κ3) is 4.13. The van der Waals surface area contributed by atoms with E-state index in [9.17, 15) is 9.59 Å². The Hall–Kier alpha value is -2.30. The normalized spacial score (nSPS) is 12.4. The summed E-state index contributed by atoms with van der Waals surface area (Å²) in [5.74, 6) is -0.939. The molecule has 0 heterocycles. The second kappa shape index (κ2) is 6.04. The minimum absolute atomic E-state index is 0.534. The van der Waals surface area contributed by atoms with Crippen LogP contribution in [-0.4, -0.2) is 23.1 Å². The number of hydrogen-bond acceptors (Lipinski definition) is 3. The standard InChI is InChI=1S/C14H17NO4/c1-8-6-11(4-5-12(16)17)7-9(2)13(8)19-10(3)14(15)18/h4-7,10H,1-3H3,(H2,15,18)(H,16,17)/b5-4+. The molecule has 5 nitrogen and oxygen atoms in total. The first-order chi connectivity index (χ1) is 8.81. The van der Waals surface area contributed by atoms with Gasteiger partial charge in [0.25, 0.3) is 5.91 Å². The number of benzene rings is 1. The van der Waals surface area contributed by atoms with Gasteiger partial charge in [-0.05, 0) is 55.7 Å². The van der Waals surface area contributed by atoms with E-state index in [1.165, 1.54) is 6.08 Å². The minimum atomic E-state index is -1.00. The largest absolute Gasteiger partial charge is 0.480 e. The lowest BCUT2D eigenvalue weighted by Gasteiger charge is -2.16. The number of hydrogen-bond donors (Lipinski definition) is 2. The van der Waals surface area contributed by atoms with Crippen LogP contribution in [-0.2, 0) is 9.59 Å².